The molecule has 1 amide bonds. The van der Waals surface area contributed by atoms with E-state index in [9.17, 15) is 4.79 Å². The van der Waals surface area contributed by atoms with Gasteiger partial charge in [-0.15, -0.1) is 0 Å². The average Bonchev–Trinajstić information content (AvgIpc) is 2.81. The molecule has 5 nitrogen and oxygen atoms in total. The molecule has 0 aromatic rings. The third kappa shape index (κ3) is 4.26. The number of likely N-dealkylation sites (tertiary alicyclic amines) is 1. The second-order valence-electron chi connectivity index (χ2n) is 4.41. The van der Waals surface area contributed by atoms with Gasteiger partial charge >= 0.3 is 0 Å². The zero-order valence-electron chi connectivity index (χ0n) is 10.9. The van der Waals surface area contributed by atoms with E-state index in [4.69, 9.17) is 10.5 Å². The van der Waals surface area contributed by atoms with Gasteiger partial charge in [-0.3, -0.25) is 9.69 Å². The fourth-order valence-corrected chi connectivity index (χ4v) is 2.37. The maximum atomic E-state index is 11.7. The van der Waals surface area contributed by atoms with Crippen LogP contribution in [0.1, 0.15) is 26.2 Å². The van der Waals surface area contributed by atoms with E-state index in [-0.39, 0.29) is 18.1 Å². The lowest BCUT2D eigenvalue weighted by molar-refractivity contribution is -0.125. The van der Waals surface area contributed by atoms with Gasteiger partial charge < -0.3 is 15.8 Å². The molecule has 2 unspecified atom stereocenters. The maximum Gasteiger partial charge on any atom is 0.237 e. The van der Waals surface area contributed by atoms with E-state index >= 15 is 0 Å². The minimum Gasteiger partial charge on any atom is -0.377 e. The SMILES string of the molecule is CCOC(CN)CCN1CCCC1C(=O)NC. The largest absolute Gasteiger partial charge is 0.377 e. The summed E-state index contributed by atoms with van der Waals surface area (Å²) in [4.78, 5) is 13.9. The normalized spacial score (nSPS) is 22.6. The molecule has 100 valence electrons. The molecule has 3 N–H and O–H groups in total. The maximum absolute atomic E-state index is 11.7. The van der Waals surface area contributed by atoms with Gasteiger partial charge in [-0.1, -0.05) is 0 Å². The summed E-state index contributed by atoms with van der Waals surface area (Å²) in [5.41, 5.74) is 5.64. The van der Waals surface area contributed by atoms with Gasteiger partial charge in [0.2, 0.25) is 5.91 Å². The van der Waals surface area contributed by atoms with Crippen LogP contribution in [0.25, 0.3) is 0 Å². The van der Waals surface area contributed by atoms with Crippen molar-refractivity contribution in [3.8, 4) is 0 Å². The molecular formula is C12H25N3O2. The molecule has 0 aliphatic carbocycles. The molecule has 1 saturated heterocycles. The average molecular weight is 243 g/mol. The highest BCUT2D eigenvalue weighted by atomic mass is 16.5. The van der Waals surface area contributed by atoms with Gasteiger partial charge in [0.05, 0.1) is 12.1 Å². The van der Waals surface area contributed by atoms with Gasteiger partial charge in [-0.25, -0.2) is 0 Å². The summed E-state index contributed by atoms with van der Waals surface area (Å²) in [7, 11) is 1.70. The first kappa shape index (κ1) is 14.4. The number of hydrogen-bond donors (Lipinski definition) is 2. The number of carbonyl (C=O) groups excluding carboxylic acids is 1. The van der Waals surface area contributed by atoms with Crippen molar-refractivity contribution in [2.24, 2.45) is 5.73 Å². The summed E-state index contributed by atoms with van der Waals surface area (Å²) in [6.45, 7) is 5.11. The van der Waals surface area contributed by atoms with Crippen molar-refractivity contribution in [3.63, 3.8) is 0 Å². The van der Waals surface area contributed by atoms with Crippen LogP contribution in [-0.2, 0) is 9.53 Å². The van der Waals surface area contributed by atoms with Gasteiger partial charge in [0.25, 0.3) is 0 Å². The Morgan fingerprint density at radius 3 is 3.00 bits per heavy atom. The minimum atomic E-state index is 0.0417. The molecule has 0 saturated carbocycles. The summed E-state index contributed by atoms with van der Waals surface area (Å²) in [5, 5.41) is 2.73. The number of ether oxygens (including phenoxy) is 1. The first-order valence-electron chi connectivity index (χ1n) is 6.50. The van der Waals surface area contributed by atoms with E-state index in [1.165, 1.54) is 0 Å². The lowest BCUT2D eigenvalue weighted by Gasteiger charge is -2.25. The number of nitrogens with two attached hydrogens (primary N) is 1. The highest BCUT2D eigenvalue weighted by Gasteiger charge is 2.29. The summed E-state index contributed by atoms with van der Waals surface area (Å²) < 4.78 is 5.52. The third-order valence-electron chi connectivity index (χ3n) is 3.32. The first-order valence-corrected chi connectivity index (χ1v) is 6.50. The van der Waals surface area contributed by atoms with Gasteiger partial charge in [0, 0.05) is 26.7 Å². The molecule has 0 spiro atoms. The molecule has 0 aromatic heterocycles. The third-order valence-corrected chi connectivity index (χ3v) is 3.32. The summed E-state index contributed by atoms with van der Waals surface area (Å²) >= 11 is 0. The molecule has 2 atom stereocenters. The van der Waals surface area contributed by atoms with Crippen LogP contribution in [0.15, 0.2) is 0 Å². The van der Waals surface area contributed by atoms with Gasteiger partial charge in [0.1, 0.15) is 0 Å². The van der Waals surface area contributed by atoms with Crippen molar-refractivity contribution in [3.05, 3.63) is 0 Å². The van der Waals surface area contributed by atoms with E-state index in [1.54, 1.807) is 7.05 Å². The Hall–Kier alpha value is -0.650. The number of hydrogen-bond acceptors (Lipinski definition) is 4. The fraction of sp³-hybridized carbons (Fsp3) is 0.917. The number of nitrogens with zero attached hydrogens (tertiary/aromatic N) is 1. The zero-order chi connectivity index (χ0) is 12.7. The second-order valence-corrected chi connectivity index (χ2v) is 4.41. The van der Waals surface area contributed by atoms with Crippen LogP contribution < -0.4 is 11.1 Å². The number of rotatable bonds is 7. The molecule has 1 aliphatic heterocycles. The smallest absolute Gasteiger partial charge is 0.237 e. The number of carbonyl (C=O) groups is 1. The fourth-order valence-electron chi connectivity index (χ4n) is 2.37. The molecule has 1 rings (SSSR count). The Morgan fingerprint density at radius 1 is 1.65 bits per heavy atom. The molecule has 0 aromatic carbocycles. The summed E-state index contributed by atoms with van der Waals surface area (Å²) in [6.07, 6.45) is 3.07. The van der Waals surface area contributed by atoms with E-state index in [0.29, 0.717) is 13.2 Å². The van der Waals surface area contributed by atoms with Crippen LogP contribution in [0.5, 0.6) is 0 Å². The molecule has 1 fully saturated rings. The Morgan fingerprint density at radius 2 is 2.41 bits per heavy atom. The Labute approximate surface area is 104 Å². The first-order chi connectivity index (χ1) is 8.22. The van der Waals surface area contributed by atoms with Crippen LogP contribution in [0.4, 0.5) is 0 Å². The van der Waals surface area contributed by atoms with Crippen molar-refractivity contribution in [1.29, 1.82) is 0 Å². The molecule has 1 heterocycles. The lowest BCUT2D eigenvalue weighted by atomic mass is 10.2. The van der Waals surface area contributed by atoms with Gasteiger partial charge in [0.15, 0.2) is 0 Å². The molecular weight excluding hydrogens is 218 g/mol. The van der Waals surface area contributed by atoms with Crippen molar-refractivity contribution in [2.75, 3.05) is 33.3 Å². The molecule has 0 radical (unpaired) electrons. The van der Waals surface area contributed by atoms with Gasteiger partial charge in [-0.2, -0.15) is 0 Å². The van der Waals surface area contributed by atoms with Crippen molar-refractivity contribution < 1.29 is 9.53 Å². The zero-order valence-corrected chi connectivity index (χ0v) is 10.9. The standard InChI is InChI=1S/C12H25N3O2/c1-3-17-10(9-13)6-8-15-7-4-5-11(15)12(16)14-2/h10-11H,3-9,13H2,1-2H3,(H,14,16). The Balaban J connectivity index is 2.36. The molecule has 17 heavy (non-hydrogen) atoms. The van der Waals surface area contributed by atoms with E-state index < -0.39 is 0 Å². The number of amides is 1. The highest BCUT2D eigenvalue weighted by molar-refractivity contribution is 5.81. The Kier molecular flexibility index (Phi) is 6.47. The molecule has 5 heteroatoms. The van der Waals surface area contributed by atoms with Crippen LogP contribution in [0.2, 0.25) is 0 Å². The van der Waals surface area contributed by atoms with Crippen molar-refractivity contribution in [1.82, 2.24) is 10.2 Å². The molecule has 0 bridgehead atoms. The van der Waals surface area contributed by atoms with Crippen LogP contribution in [0, 0.1) is 0 Å². The predicted molar refractivity (Wildman–Crippen MR) is 67.7 cm³/mol. The lowest BCUT2D eigenvalue weighted by Crippen LogP contribution is -2.43. The summed E-state index contributed by atoms with van der Waals surface area (Å²) in [6, 6.07) is 0.0417. The van der Waals surface area contributed by atoms with E-state index in [0.717, 1.165) is 32.4 Å². The Bertz CT molecular complexity index is 236. The quantitative estimate of drug-likeness (QED) is 0.658. The number of likely N-dealkylation sites (N-methyl/N-ethyl adjacent to an activating group) is 1. The molecule has 1 aliphatic rings. The topological polar surface area (TPSA) is 67.6 Å². The second kappa shape index (κ2) is 7.63. The van der Waals surface area contributed by atoms with Crippen LogP contribution >= 0.6 is 0 Å². The highest BCUT2D eigenvalue weighted by Crippen LogP contribution is 2.18. The van der Waals surface area contributed by atoms with Gasteiger partial charge in [-0.05, 0) is 32.7 Å². The predicted octanol–water partition coefficient (Wildman–Crippen LogP) is -0.0493. The monoisotopic (exact) mass is 243 g/mol. The van der Waals surface area contributed by atoms with E-state index in [2.05, 4.69) is 10.2 Å². The van der Waals surface area contributed by atoms with Crippen molar-refractivity contribution in [2.45, 2.75) is 38.3 Å². The van der Waals surface area contributed by atoms with Crippen LogP contribution in [0.3, 0.4) is 0 Å². The summed E-state index contributed by atoms with van der Waals surface area (Å²) in [5.74, 6) is 0.128. The minimum absolute atomic E-state index is 0.0417. The van der Waals surface area contributed by atoms with E-state index in [1.807, 2.05) is 6.92 Å². The number of nitrogens with one attached hydrogen (secondary N) is 1. The van der Waals surface area contributed by atoms with Crippen LogP contribution in [-0.4, -0.2) is 56.2 Å². The van der Waals surface area contributed by atoms with Crippen molar-refractivity contribution >= 4 is 5.91 Å².